The first kappa shape index (κ1) is 73.4. The molecule has 440 valence electrons. The number of aliphatic hydroxyl groups is 1. The molecule has 0 heterocycles. The third kappa shape index (κ3) is 56.1. The predicted molar refractivity (Wildman–Crippen MR) is 325 cm³/mol. The van der Waals surface area contributed by atoms with E-state index in [1.54, 1.807) is 0 Å². The lowest BCUT2D eigenvalue weighted by Gasteiger charge is -2.21. The summed E-state index contributed by atoms with van der Waals surface area (Å²) in [5.74, 6) is -1.57. The summed E-state index contributed by atoms with van der Waals surface area (Å²) in [6.07, 6.45) is 75.1. The fourth-order valence-corrected chi connectivity index (χ4v) is 8.11. The molecule has 0 aliphatic heterocycles. The lowest BCUT2D eigenvalue weighted by molar-refractivity contribution is -0.161. The molecule has 0 radical (unpaired) electrons. The summed E-state index contributed by atoms with van der Waals surface area (Å²) in [5, 5.41) is 9.83. The number of rotatable bonds is 53. The van der Waals surface area contributed by atoms with E-state index in [0.717, 1.165) is 154 Å². The van der Waals surface area contributed by atoms with E-state index >= 15 is 0 Å². The Morgan fingerprint density at radius 3 is 0.974 bits per heavy atom. The second-order valence-corrected chi connectivity index (χ2v) is 20.5. The van der Waals surface area contributed by atoms with Gasteiger partial charge >= 0.3 is 25.7 Å². The largest absolute Gasteiger partial charge is 0.472 e. The van der Waals surface area contributed by atoms with E-state index < -0.39 is 57.8 Å². The highest BCUT2D eigenvalue weighted by Crippen LogP contribution is 2.43. The molecular weight excluding hydrogens is 1000 g/mol. The van der Waals surface area contributed by atoms with Crippen LogP contribution in [0.5, 0.6) is 0 Å². The number of phosphoric acid groups is 1. The Morgan fingerprint density at radius 2 is 0.628 bits per heavy atom. The maximum Gasteiger partial charge on any atom is 0.472 e. The molecule has 3 unspecified atom stereocenters. The summed E-state index contributed by atoms with van der Waals surface area (Å²) in [7, 11) is -4.78. The molecule has 0 saturated carbocycles. The van der Waals surface area contributed by atoms with Crippen LogP contribution < -0.4 is 0 Å². The summed E-state index contributed by atoms with van der Waals surface area (Å²) >= 11 is 0. The van der Waals surface area contributed by atoms with Gasteiger partial charge in [-0.15, -0.1) is 0 Å². The molecule has 0 rings (SSSR count). The van der Waals surface area contributed by atoms with E-state index in [4.69, 9.17) is 23.3 Å². The zero-order chi connectivity index (χ0) is 56.9. The summed E-state index contributed by atoms with van der Waals surface area (Å²) in [6.45, 7) is 4.20. The van der Waals surface area contributed by atoms with Crippen molar-refractivity contribution >= 4 is 25.7 Å². The highest BCUT2D eigenvalue weighted by atomic mass is 31.2. The zero-order valence-electron chi connectivity index (χ0n) is 48.6. The number of carbonyl (C=O) groups excluding carboxylic acids is 3. The standard InChI is InChI=1S/C66H105O11P/c1-4-7-10-13-16-19-22-25-28-30-31-33-35-37-40-43-46-49-52-55-64(68)73-59-63(77-66(70)57-54-51-48-45-42-39-36-32-29-26-23-20-17-14-11-8-5-2)61-75-78(71,72)74-60-62(58-67)76-65(69)56-53-50-47-44-41-38-34-27-24-21-18-15-12-9-6-3/h7-12,16-21,25-29,31,33-34,36-37,39-40,62-63,67H,4-6,13-15,22-24,30,32,35,38,41-61H2,1-3H3,(H,71,72)/b10-7-,11-8-,12-9-,19-16-,20-17-,21-18-,28-25-,29-26-,33-31-,34-27-,39-36-,40-37-. The molecule has 0 bridgehead atoms. The number of carbonyl (C=O) groups is 3. The number of allylic oxidation sites excluding steroid dienone is 24. The van der Waals surface area contributed by atoms with Crippen molar-refractivity contribution in [3.8, 4) is 0 Å². The maximum atomic E-state index is 12.9. The van der Waals surface area contributed by atoms with Crippen LogP contribution in [0, 0.1) is 0 Å². The smallest absolute Gasteiger partial charge is 0.462 e. The van der Waals surface area contributed by atoms with Crippen LogP contribution in [0.2, 0.25) is 0 Å². The number of phosphoric ester groups is 1. The maximum absolute atomic E-state index is 12.9. The molecule has 0 amide bonds. The van der Waals surface area contributed by atoms with Gasteiger partial charge in [0.15, 0.2) is 6.10 Å². The fraction of sp³-hybridized carbons (Fsp3) is 0.591. The minimum Gasteiger partial charge on any atom is -0.462 e. The fourth-order valence-electron chi connectivity index (χ4n) is 7.33. The molecule has 0 aromatic carbocycles. The van der Waals surface area contributed by atoms with Gasteiger partial charge in [0.1, 0.15) is 12.7 Å². The van der Waals surface area contributed by atoms with E-state index in [1.165, 1.54) is 0 Å². The van der Waals surface area contributed by atoms with Gasteiger partial charge in [-0.3, -0.25) is 23.4 Å². The molecule has 3 atom stereocenters. The minimum absolute atomic E-state index is 0.122. The molecule has 0 aromatic rings. The SMILES string of the molecule is CC/C=C\C/C=C\C/C=C\C/C=C\C/C=C\CCCCCC(=O)OCC(COP(=O)(O)OCC(CO)OC(=O)CCCCCCC/C=C\C/C=C\C/C=C\CC)OC(=O)CCCCCC/C=C\C/C=C\C/C=C\C/C=C\CC. The summed E-state index contributed by atoms with van der Waals surface area (Å²) in [4.78, 5) is 48.6. The molecular formula is C66H105O11P. The zero-order valence-corrected chi connectivity index (χ0v) is 49.5. The van der Waals surface area contributed by atoms with Crippen LogP contribution >= 0.6 is 7.82 Å². The van der Waals surface area contributed by atoms with Crippen LogP contribution in [0.3, 0.4) is 0 Å². The highest BCUT2D eigenvalue weighted by Gasteiger charge is 2.28. The molecule has 0 aliphatic rings. The Labute approximate surface area is 473 Å². The van der Waals surface area contributed by atoms with Crippen molar-refractivity contribution in [2.24, 2.45) is 0 Å². The van der Waals surface area contributed by atoms with Crippen molar-refractivity contribution in [1.82, 2.24) is 0 Å². The Hall–Kier alpha value is -4.64. The predicted octanol–water partition coefficient (Wildman–Crippen LogP) is 17.9. The normalized spacial score (nSPS) is 14.4. The molecule has 0 aromatic heterocycles. The van der Waals surface area contributed by atoms with Crippen LogP contribution in [0.15, 0.2) is 146 Å². The second-order valence-electron chi connectivity index (χ2n) is 19.0. The van der Waals surface area contributed by atoms with Gasteiger partial charge in [-0.25, -0.2) is 4.57 Å². The summed E-state index contributed by atoms with van der Waals surface area (Å²) < 4.78 is 39.5. The Balaban J connectivity index is 4.86. The van der Waals surface area contributed by atoms with E-state index in [-0.39, 0.29) is 25.9 Å². The van der Waals surface area contributed by atoms with Crippen LogP contribution in [0.1, 0.15) is 213 Å². The van der Waals surface area contributed by atoms with Crippen molar-refractivity contribution in [1.29, 1.82) is 0 Å². The molecule has 0 aliphatic carbocycles. The molecule has 78 heavy (non-hydrogen) atoms. The Morgan fingerprint density at radius 1 is 0.359 bits per heavy atom. The van der Waals surface area contributed by atoms with Gasteiger partial charge in [-0.05, 0) is 135 Å². The molecule has 11 nitrogen and oxygen atoms in total. The molecule has 0 spiro atoms. The van der Waals surface area contributed by atoms with Crippen molar-refractivity contribution in [3.05, 3.63) is 146 Å². The highest BCUT2D eigenvalue weighted by molar-refractivity contribution is 7.47. The number of hydrogen-bond donors (Lipinski definition) is 2. The Kier molecular flexibility index (Phi) is 55.0. The van der Waals surface area contributed by atoms with Crippen LogP contribution in [0.25, 0.3) is 0 Å². The second kappa shape index (κ2) is 58.5. The quantitative estimate of drug-likeness (QED) is 0.0197. The summed E-state index contributed by atoms with van der Waals surface area (Å²) in [6, 6.07) is 0. The van der Waals surface area contributed by atoms with E-state index in [2.05, 4.69) is 167 Å². The monoisotopic (exact) mass is 1100 g/mol. The molecule has 2 N–H and O–H groups in total. The third-order valence-electron chi connectivity index (χ3n) is 11.7. The Bertz CT molecular complexity index is 1860. The number of esters is 3. The first-order valence-electron chi connectivity index (χ1n) is 29.7. The number of unbranched alkanes of at least 4 members (excludes halogenated alkanes) is 12. The van der Waals surface area contributed by atoms with Gasteiger partial charge < -0.3 is 24.2 Å². The average Bonchev–Trinajstić information content (AvgIpc) is 3.43. The topological polar surface area (TPSA) is 155 Å². The number of hydrogen-bond acceptors (Lipinski definition) is 10. The first-order chi connectivity index (χ1) is 38.2. The van der Waals surface area contributed by atoms with Gasteiger partial charge in [0.25, 0.3) is 0 Å². The van der Waals surface area contributed by atoms with Gasteiger partial charge in [-0.2, -0.15) is 0 Å². The van der Waals surface area contributed by atoms with Crippen molar-refractivity contribution in [2.45, 2.75) is 226 Å². The van der Waals surface area contributed by atoms with E-state index in [1.807, 2.05) is 0 Å². The summed E-state index contributed by atoms with van der Waals surface area (Å²) in [5.41, 5.74) is 0. The van der Waals surface area contributed by atoms with Crippen LogP contribution in [-0.4, -0.2) is 66.5 Å². The third-order valence-corrected chi connectivity index (χ3v) is 12.7. The lowest BCUT2D eigenvalue weighted by atomic mass is 10.1. The van der Waals surface area contributed by atoms with Gasteiger partial charge in [0, 0.05) is 19.3 Å². The van der Waals surface area contributed by atoms with Gasteiger partial charge in [0.05, 0.1) is 19.8 Å². The van der Waals surface area contributed by atoms with Gasteiger partial charge in [-0.1, -0.05) is 205 Å². The molecule has 0 saturated heterocycles. The van der Waals surface area contributed by atoms with Crippen molar-refractivity contribution < 1.29 is 52.2 Å². The number of aliphatic hydroxyl groups excluding tert-OH is 1. The first-order valence-corrected chi connectivity index (χ1v) is 31.2. The number of ether oxygens (including phenoxy) is 3. The van der Waals surface area contributed by atoms with Crippen LogP contribution in [-0.2, 0) is 42.2 Å². The average molecular weight is 1110 g/mol. The minimum atomic E-state index is -4.78. The van der Waals surface area contributed by atoms with Crippen molar-refractivity contribution in [3.63, 3.8) is 0 Å². The van der Waals surface area contributed by atoms with Crippen LogP contribution in [0.4, 0.5) is 0 Å². The van der Waals surface area contributed by atoms with E-state index in [0.29, 0.717) is 19.3 Å². The lowest BCUT2D eigenvalue weighted by Crippen LogP contribution is -2.30. The molecule has 0 fully saturated rings. The van der Waals surface area contributed by atoms with Gasteiger partial charge in [0.2, 0.25) is 0 Å². The van der Waals surface area contributed by atoms with E-state index in [9.17, 15) is 28.9 Å². The molecule has 12 heteroatoms. The van der Waals surface area contributed by atoms with Crippen molar-refractivity contribution in [2.75, 3.05) is 26.4 Å².